The van der Waals surface area contributed by atoms with Crippen LogP contribution < -0.4 is 25.0 Å². The van der Waals surface area contributed by atoms with Crippen molar-refractivity contribution in [2.75, 3.05) is 89.9 Å². The number of ketones is 2. The first kappa shape index (κ1) is 35.1. The molecule has 4 fully saturated rings. The number of ether oxygens (including phenoxy) is 2. The number of methoxy groups -OCH3 is 2. The first-order chi connectivity index (χ1) is 25.0. The molecule has 4 aromatic rings. The summed E-state index contributed by atoms with van der Waals surface area (Å²) >= 11 is 0. The van der Waals surface area contributed by atoms with Gasteiger partial charge in [-0.05, 0) is 53.4 Å². The molecule has 0 atom stereocenters. The van der Waals surface area contributed by atoms with Crippen molar-refractivity contribution in [2.45, 2.75) is 6.54 Å². The van der Waals surface area contributed by atoms with Gasteiger partial charge in [0, 0.05) is 101 Å². The molecular weight excluding hydrogens is 680 g/mol. The minimum atomic E-state index is 0. The van der Waals surface area contributed by atoms with Gasteiger partial charge in [-0.25, -0.2) is 9.97 Å². The van der Waals surface area contributed by atoms with E-state index in [1.165, 1.54) is 17.1 Å². The topological polar surface area (TPSA) is 115 Å². The average molecular weight is 723 g/mol. The van der Waals surface area contributed by atoms with Crippen molar-refractivity contribution in [3.05, 3.63) is 95.6 Å². The van der Waals surface area contributed by atoms with Gasteiger partial charge in [0.05, 0.1) is 25.6 Å². The molecule has 0 unspecified atom stereocenters. The number of fused-ring (bicyclic) bond motifs is 1. The predicted molar refractivity (Wildman–Crippen MR) is 204 cm³/mol. The molecule has 4 saturated heterocycles. The quantitative estimate of drug-likeness (QED) is 0.183. The van der Waals surface area contributed by atoms with Crippen molar-refractivity contribution in [3.8, 4) is 22.8 Å². The molecule has 3 aromatic carbocycles. The molecule has 52 heavy (non-hydrogen) atoms. The van der Waals surface area contributed by atoms with Crippen LogP contribution in [0, 0.1) is 0 Å². The van der Waals surface area contributed by atoms with E-state index in [1.54, 1.807) is 20.4 Å². The van der Waals surface area contributed by atoms with Crippen LogP contribution in [-0.2, 0) is 16.1 Å². The number of benzene rings is 3. The normalized spacial score (nSPS) is 17.6. The van der Waals surface area contributed by atoms with Gasteiger partial charge in [0.15, 0.2) is 0 Å². The van der Waals surface area contributed by atoms with Crippen LogP contribution in [0.2, 0.25) is 0 Å². The Labute approximate surface area is 309 Å². The third-order valence-corrected chi connectivity index (χ3v) is 9.62. The minimum Gasteiger partial charge on any atom is -0.497 e. The lowest BCUT2D eigenvalue weighted by molar-refractivity contribution is -0.117. The highest BCUT2D eigenvalue weighted by Crippen LogP contribution is 2.36. The molecule has 2 N–H and O–H groups in total. The number of Topliss-reactive ketones (excluding diaryl/α,β-unsaturated/α-hetero) is 1. The van der Waals surface area contributed by atoms with Gasteiger partial charge in [-0.3, -0.25) is 9.59 Å². The van der Waals surface area contributed by atoms with Crippen LogP contribution in [0.4, 0.5) is 11.6 Å². The van der Waals surface area contributed by atoms with Gasteiger partial charge in [0.25, 0.3) is 0 Å². The highest BCUT2D eigenvalue weighted by molar-refractivity contribution is 6.22. The summed E-state index contributed by atoms with van der Waals surface area (Å²) in [7, 11) is 3.38. The van der Waals surface area contributed by atoms with E-state index in [9.17, 15) is 9.59 Å². The van der Waals surface area contributed by atoms with Crippen molar-refractivity contribution in [3.63, 3.8) is 0 Å². The summed E-state index contributed by atoms with van der Waals surface area (Å²) in [5, 5.41) is 9.13. The number of aromatic nitrogens is 2. The van der Waals surface area contributed by atoms with Crippen LogP contribution in [0.3, 0.4) is 0 Å². The van der Waals surface area contributed by atoms with E-state index in [1.807, 2.05) is 45.0 Å². The lowest BCUT2D eigenvalue weighted by Crippen LogP contribution is -2.43. The number of halogens is 1. The average Bonchev–Trinajstić information content (AvgIpc) is 4.01. The summed E-state index contributed by atoms with van der Waals surface area (Å²) in [6.45, 7) is 9.90. The number of rotatable bonds is 10. The van der Waals surface area contributed by atoms with Gasteiger partial charge >= 0.3 is 0 Å². The third kappa shape index (κ3) is 7.63. The first-order valence-corrected chi connectivity index (χ1v) is 17.6. The molecule has 1 aliphatic carbocycles. The SMILES string of the molecule is COc1cccc(CNc2nccc(-c3cc(N4CCNCC4)c4cc(OC)ccc4c3)n2)c1.Cl.O=C1C=C(N2CC2)C(=O)C(N2CC2)=C1N1CC1. The number of nitrogens with zero attached hydrogens (tertiary/aromatic N) is 6. The molecule has 1 aromatic heterocycles. The lowest BCUT2D eigenvalue weighted by Gasteiger charge is -2.31. The summed E-state index contributed by atoms with van der Waals surface area (Å²) in [5.74, 6) is 2.34. The highest BCUT2D eigenvalue weighted by atomic mass is 35.5. The Bertz CT molecular complexity index is 2050. The summed E-state index contributed by atoms with van der Waals surface area (Å²) < 4.78 is 10.8. The molecule has 12 nitrogen and oxygen atoms in total. The molecule has 0 radical (unpaired) electrons. The Hall–Kier alpha value is -5.33. The van der Waals surface area contributed by atoms with Crippen molar-refractivity contribution in [2.24, 2.45) is 0 Å². The van der Waals surface area contributed by atoms with E-state index < -0.39 is 0 Å². The number of piperazine rings is 1. The second-order valence-electron chi connectivity index (χ2n) is 13.2. The van der Waals surface area contributed by atoms with Gasteiger partial charge in [0.2, 0.25) is 17.5 Å². The Balaban J connectivity index is 0.000000194. The molecule has 0 spiro atoms. The number of carbonyl (C=O) groups is 2. The monoisotopic (exact) mass is 722 g/mol. The molecule has 9 rings (SSSR count). The first-order valence-electron chi connectivity index (χ1n) is 17.6. The van der Waals surface area contributed by atoms with E-state index in [0.717, 1.165) is 99.2 Å². The zero-order valence-corrected chi connectivity index (χ0v) is 30.2. The Kier molecular flexibility index (Phi) is 10.2. The largest absolute Gasteiger partial charge is 0.497 e. The summed E-state index contributed by atoms with van der Waals surface area (Å²) in [6, 6.07) is 20.6. The summed E-state index contributed by atoms with van der Waals surface area (Å²) in [5.41, 5.74) is 6.15. The molecule has 5 heterocycles. The van der Waals surface area contributed by atoms with Crippen molar-refractivity contribution in [1.29, 1.82) is 0 Å². The van der Waals surface area contributed by atoms with Crippen LogP contribution in [-0.4, -0.2) is 116 Å². The molecule has 4 aliphatic heterocycles. The Morgan fingerprint density at radius 2 is 1.48 bits per heavy atom. The van der Waals surface area contributed by atoms with Crippen molar-refractivity contribution < 1.29 is 19.1 Å². The minimum absolute atomic E-state index is 0. The highest BCUT2D eigenvalue weighted by Gasteiger charge is 2.43. The fraction of sp³-hybridized carbons (Fsp3) is 0.333. The van der Waals surface area contributed by atoms with Gasteiger partial charge in [-0.15, -0.1) is 12.4 Å². The van der Waals surface area contributed by atoms with E-state index in [0.29, 0.717) is 29.6 Å². The van der Waals surface area contributed by atoms with Gasteiger partial charge in [0.1, 0.15) is 22.9 Å². The van der Waals surface area contributed by atoms with Crippen LogP contribution in [0.5, 0.6) is 11.5 Å². The second kappa shape index (κ2) is 15.1. The Morgan fingerprint density at radius 3 is 2.19 bits per heavy atom. The van der Waals surface area contributed by atoms with Crippen LogP contribution in [0.1, 0.15) is 5.56 Å². The maximum absolute atomic E-state index is 12.4. The summed E-state index contributed by atoms with van der Waals surface area (Å²) in [4.78, 5) is 42.2. The standard InChI is InChI=1S/C27H29N5O2.C12H13N3O2.ClH/c1-33-22-5-3-4-19(14-22)18-30-27-29-9-8-25(31-27)21-15-20-6-7-23(34-2)17-24(20)26(16-21)32-12-10-28-11-13-32;16-9-7-8(13-1-2-13)12(17)11(15-5-6-15)10(9)14-3-4-14;/h3-9,14-17,28H,10-13,18H2,1-2H3,(H,29,30,31);7H,1-6H2;1H. The molecule has 270 valence electrons. The maximum atomic E-state index is 12.4. The smallest absolute Gasteiger partial charge is 0.227 e. The van der Waals surface area contributed by atoms with E-state index in [2.05, 4.69) is 50.8 Å². The third-order valence-electron chi connectivity index (χ3n) is 9.62. The maximum Gasteiger partial charge on any atom is 0.227 e. The van der Waals surface area contributed by atoms with E-state index in [-0.39, 0.29) is 24.0 Å². The van der Waals surface area contributed by atoms with Crippen molar-refractivity contribution >= 4 is 46.4 Å². The molecule has 5 aliphatic rings. The molecule has 13 heteroatoms. The Morgan fingerprint density at radius 1 is 0.769 bits per heavy atom. The number of hydrogen-bond acceptors (Lipinski definition) is 12. The predicted octanol–water partition coefficient (Wildman–Crippen LogP) is 3.94. The van der Waals surface area contributed by atoms with E-state index >= 15 is 0 Å². The molecule has 0 amide bonds. The van der Waals surface area contributed by atoms with Crippen molar-refractivity contribution in [1.82, 2.24) is 30.0 Å². The van der Waals surface area contributed by atoms with Gasteiger partial charge < -0.3 is 39.7 Å². The summed E-state index contributed by atoms with van der Waals surface area (Å²) in [6.07, 6.45) is 3.33. The lowest BCUT2D eigenvalue weighted by atomic mass is 10.0. The molecule has 0 saturated carbocycles. The number of anilines is 2. The zero-order chi connectivity index (χ0) is 34.9. The van der Waals surface area contributed by atoms with Crippen LogP contribution in [0.25, 0.3) is 22.0 Å². The fourth-order valence-corrected chi connectivity index (χ4v) is 6.60. The number of allylic oxidation sites excluding steroid dienone is 1. The van der Waals surface area contributed by atoms with Gasteiger partial charge in [-0.1, -0.05) is 18.2 Å². The number of carbonyl (C=O) groups excluding carboxylic acids is 2. The fourth-order valence-electron chi connectivity index (χ4n) is 6.60. The number of hydrogen-bond donors (Lipinski definition) is 2. The van der Waals surface area contributed by atoms with Crippen LogP contribution >= 0.6 is 12.4 Å². The van der Waals surface area contributed by atoms with E-state index in [4.69, 9.17) is 14.5 Å². The second-order valence-corrected chi connectivity index (χ2v) is 13.2. The zero-order valence-electron chi connectivity index (χ0n) is 29.4. The van der Waals surface area contributed by atoms with Gasteiger partial charge in [-0.2, -0.15) is 0 Å². The number of nitrogens with one attached hydrogen (secondary N) is 2. The molecule has 0 bridgehead atoms. The van der Waals surface area contributed by atoms with Crippen LogP contribution in [0.15, 0.2) is 90.0 Å². The molecular formula is C39H43ClN8O4.